The Hall–Kier alpha value is -3.27. The van der Waals surface area contributed by atoms with Crippen LogP contribution in [-0.2, 0) is 17.4 Å². The van der Waals surface area contributed by atoms with Crippen molar-refractivity contribution in [3.8, 4) is 0 Å². The maximum Gasteiger partial charge on any atom is 0.416 e. The van der Waals surface area contributed by atoms with Gasteiger partial charge in [0, 0.05) is 31.4 Å². The SMILES string of the molecule is Cc1cc(C(F)(F)F)cc(N2c3cnccc3C[C@@H]2C(=O)N(C)c2cc(Cl)c(F)cc2F)n1. The van der Waals surface area contributed by atoms with E-state index in [-0.39, 0.29) is 28.6 Å². The summed E-state index contributed by atoms with van der Waals surface area (Å²) in [7, 11) is 1.28. The Kier molecular flexibility index (Phi) is 5.73. The molecule has 2 aromatic heterocycles. The molecule has 3 heterocycles. The minimum atomic E-state index is -4.62. The number of alkyl halides is 3. The van der Waals surface area contributed by atoms with Gasteiger partial charge in [0.15, 0.2) is 0 Å². The summed E-state index contributed by atoms with van der Waals surface area (Å²) in [6.07, 6.45) is -1.58. The van der Waals surface area contributed by atoms with E-state index in [0.29, 0.717) is 17.3 Å². The third-order valence-corrected chi connectivity index (χ3v) is 5.64. The lowest BCUT2D eigenvalue weighted by molar-refractivity contribution is -0.137. The summed E-state index contributed by atoms with van der Waals surface area (Å²) < 4.78 is 68.3. The number of likely N-dealkylation sites (N-methyl/N-ethyl adjacent to an activating group) is 1. The summed E-state index contributed by atoms with van der Waals surface area (Å²) in [6, 6.07) is 3.89. The number of halogens is 6. The molecular formula is C22H16ClF5N4O. The van der Waals surface area contributed by atoms with Crippen molar-refractivity contribution in [1.82, 2.24) is 9.97 Å². The molecule has 0 fully saturated rings. The van der Waals surface area contributed by atoms with Crippen LogP contribution in [0.1, 0.15) is 16.8 Å². The Bertz CT molecular complexity index is 1250. The minimum Gasteiger partial charge on any atom is -0.312 e. The van der Waals surface area contributed by atoms with Gasteiger partial charge in [-0.1, -0.05) is 11.6 Å². The second-order valence-electron chi connectivity index (χ2n) is 7.56. The van der Waals surface area contributed by atoms with Gasteiger partial charge in [0.05, 0.1) is 28.2 Å². The number of nitrogens with zero attached hydrogens (tertiary/aromatic N) is 4. The number of carbonyl (C=O) groups is 1. The number of aromatic nitrogens is 2. The number of benzene rings is 1. The normalized spacial score (nSPS) is 15.5. The van der Waals surface area contributed by atoms with Crippen molar-refractivity contribution in [2.24, 2.45) is 0 Å². The maximum atomic E-state index is 14.4. The van der Waals surface area contributed by atoms with Gasteiger partial charge in [-0.15, -0.1) is 0 Å². The van der Waals surface area contributed by atoms with E-state index < -0.39 is 35.3 Å². The van der Waals surface area contributed by atoms with Gasteiger partial charge < -0.3 is 9.80 Å². The van der Waals surface area contributed by atoms with Crippen LogP contribution in [0.3, 0.4) is 0 Å². The molecule has 0 radical (unpaired) electrons. The van der Waals surface area contributed by atoms with Crippen molar-refractivity contribution in [3.63, 3.8) is 0 Å². The van der Waals surface area contributed by atoms with Gasteiger partial charge in [-0.05, 0) is 36.8 Å². The van der Waals surface area contributed by atoms with E-state index in [2.05, 4.69) is 9.97 Å². The molecule has 0 bridgehead atoms. The highest BCUT2D eigenvalue weighted by Gasteiger charge is 2.40. The van der Waals surface area contributed by atoms with Crippen LogP contribution in [0.5, 0.6) is 0 Å². The molecule has 1 aromatic carbocycles. The number of pyridine rings is 2. The number of anilines is 3. The van der Waals surface area contributed by atoms with Crippen molar-refractivity contribution < 1.29 is 26.7 Å². The predicted molar refractivity (Wildman–Crippen MR) is 113 cm³/mol. The highest BCUT2D eigenvalue weighted by molar-refractivity contribution is 6.31. The van der Waals surface area contributed by atoms with Crippen molar-refractivity contribution in [2.45, 2.75) is 25.6 Å². The fraction of sp³-hybridized carbons (Fsp3) is 0.227. The van der Waals surface area contributed by atoms with Crippen LogP contribution in [-0.4, -0.2) is 29.0 Å². The van der Waals surface area contributed by atoms with Crippen molar-refractivity contribution in [1.29, 1.82) is 0 Å². The molecule has 33 heavy (non-hydrogen) atoms. The van der Waals surface area contributed by atoms with Crippen LogP contribution in [0.25, 0.3) is 0 Å². The quantitative estimate of drug-likeness (QED) is 0.367. The lowest BCUT2D eigenvalue weighted by Gasteiger charge is -2.30. The van der Waals surface area contributed by atoms with Crippen LogP contribution in [0, 0.1) is 18.6 Å². The molecule has 172 valence electrons. The summed E-state index contributed by atoms with van der Waals surface area (Å²) in [5.74, 6) is -2.74. The van der Waals surface area contributed by atoms with E-state index in [1.54, 1.807) is 6.07 Å². The Morgan fingerprint density at radius 2 is 1.91 bits per heavy atom. The van der Waals surface area contributed by atoms with Gasteiger partial charge in [-0.2, -0.15) is 13.2 Å². The largest absolute Gasteiger partial charge is 0.416 e. The highest BCUT2D eigenvalue weighted by Crippen LogP contribution is 2.40. The molecule has 4 rings (SSSR count). The highest BCUT2D eigenvalue weighted by atomic mass is 35.5. The Labute approximate surface area is 190 Å². The smallest absolute Gasteiger partial charge is 0.312 e. The molecular weight excluding hydrogens is 467 g/mol. The molecule has 0 unspecified atom stereocenters. The molecule has 1 amide bonds. The fourth-order valence-electron chi connectivity index (χ4n) is 3.80. The zero-order chi connectivity index (χ0) is 24.1. The monoisotopic (exact) mass is 482 g/mol. The summed E-state index contributed by atoms with van der Waals surface area (Å²) in [5, 5.41) is -0.378. The third kappa shape index (κ3) is 4.22. The number of hydrogen-bond donors (Lipinski definition) is 0. The third-order valence-electron chi connectivity index (χ3n) is 5.35. The molecule has 3 aromatic rings. The first-order valence-electron chi connectivity index (χ1n) is 9.67. The fourth-order valence-corrected chi connectivity index (χ4v) is 3.96. The van der Waals surface area contributed by atoms with E-state index in [0.717, 1.165) is 23.1 Å². The van der Waals surface area contributed by atoms with Crippen LogP contribution >= 0.6 is 11.6 Å². The number of hydrogen-bond acceptors (Lipinski definition) is 4. The lowest BCUT2D eigenvalue weighted by atomic mass is 10.1. The molecule has 0 saturated carbocycles. The molecule has 1 atom stereocenters. The average molecular weight is 483 g/mol. The number of rotatable bonds is 3. The van der Waals surface area contributed by atoms with E-state index in [4.69, 9.17) is 11.6 Å². The summed E-state index contributed by atoms with van der Waals surface area (Å²) in [5.41, 5.74) is -0.0146. The lowest BCUT2D eigenvalue weighted by Crippen LogP contribution is -2.45. The van der Waals surface area contributed by atoms with Crippen molar-refractivity contribution >= 4 is 34.7 Å². The van der Waals surface area contributed by atoms with Crippen molar-refractivity contribution in [2.75, 3.05) is 16.8 Å². The number of fused-ring (bicyclic) bond motifs is 1. The first kappa shape index (κ1) is 22.9. The van der Waals surface area contributed by atoms with Gasteiger partial charge in [-0.25, -0.2) is 13.8 Å². The zero-order valence-corrected chi connectivity index (χ0v) is 18.0. The number of aryl methyl sites for hydroxylation is 1. The summed E-state index contributed by atoms with van der Waals surface area (Å²) in [6.45, 7) is 1.41. The first-order valence-corrected chi connectivity index (χ1v) is 10.0. The maximum absolute atomic E-state index is 14.4. The molecule has 0 N–H and O–H groups in total. The van der Waals surface area contributed by atoms with E-state index in [1.807, 2.05) is 0 Å². The van der Waals surface area contributed by atoms with Gasteiger partial charge >= 0.3 is 6.18 Å². The van der Waals surface area contributed by atoms with E-state index in [9.17, 15) is 26.7 Å². The van der Waals surface area contributed by atoms with Gasteiger partial charge in [0.2, 0.25) is 5.91 Å². The second kappa shape index (κ2) is 8.26. The molecule has 11 heteroatoms. The Morgan fingerprint density at radius 3 is 2.61 bits per heavy atom. The van der Waals surface area contributed by atoms with Crippen LogP contribution < -0.4 is 9.80 Å². The standard InChI is InChI=1S/C22H16ClF5N4O/c1-11-5-13(22(26,27)28)7-20(30-11)32-18(6-12-3-4-29-10-19(12)32)21(33)31(2)17-8-14(23)15(24)9-16(17)25/h3-5,7-10,18H,6H2,1-2H3/t18-/m1/s1. The van der Waals surface area contributed by atoms with E-state index in [1.165, 1.54) is 31.3 Å². The zero-order valence-electron chi connectivity index (χ0n) is 17.3. The molecule has 5 nitrogen and oxygen atoms in total. The predicted octanol–water partition coefficient (Wildman–Crippen LogP) is 5.46. The van der Waals surface area contributed by atoms with Crippen LogP contribution in [0.4, 0.5) is 39.1 Å². The van der Waals surface area contributed by atoms with Gasteiger partial charge in [0.25, 0.3) is 0 Å². The van der Waals surface area contributed by atoms with Crippen LogP contribution in [0.2, 0.25) is 5.02 Å². The molecule has 1 aliphatic rings. The second-order valence-corrected chi connectivity index (χ2v) is 7.97. The molecule has 1 aliphatic heterocycles. The molecule has 0 spiro atoms. The first-order chi connectivity index (χ1) is 15.5. The average Bonchev–Trinajstić information content (AvgIpc) is 3.14. The molecule has 0 saturated heterocycles. The van der Waals surface area contributed by atoms with E-state index >= 15 is 0 Å². The van der Waals surface area contributed by atoms with Gasteiger partial charge in [0.1, 0.15) is 23.5 Å². The van der Waals surface area contributed by atoms with Crippen LogP contribution in [0.15, 0.2) is 42.7 Å². The Morgan fingerprint density at radius 1 is 1.18 bits per heavy atom. The van der Waals surface area contributed by atoms with Crippen molar-refractivity contribution in [3.05, 3.63) is 76.2 Å². The number of carbonyl (C=O) groups excluding carboxylic acids is 1. The minimum absolute atomic E-state index is 0.0987. The van der Waals surface area contributed by atoms with Gasteiger partial charge in [-0.3, -0.25) is 9.78 Å². The number of amides is 1. The molecule has 0 aliphatic carbocycles. The summed E-state index contributed by atoms with van der Waals surface area (Å²) in [4.78, 5) is 24.0. The Balaban J connectivity index is 1.80. The summed E-state index contributed by atoms with van der Waals surface area (Å²) >= 11 is 5.75. The topological polar surface area (TPSA) is 49.3 Å².